The summed E-state index contributed by atoms with van der Waals surface area (Å²) in [6, 6.07) is 7.02. The topological polar surface area (TPSA) is 35.5 Å². The summed E-state index contributed by atoms with van der Waals surface area (Å²) in [5.41, 5.74) is 0. The summed E-state index contributed by atoms with van der Waals surface area (Å²) < 4.78 is 12.4. The molecule has 0 N–H and O–H groups in total. The number of rotatable bonds is 4. The molecule has 0 saturated heterocycles. The van der Waals surface area contributed by atoms with Crippen LogP contribution in [0.15, 0.2) is 33.2 Å². The number of halogens is 4. The fourth-order valence-corrected chi connectivity index (χ4v) is 7.67. The van der Waals surface area contributed by atoms with Crippen LogP contribution in [0.25, 0.3) is 0 Å². The number of ether oxygens (including phenoxy) is 2. The van der Waals surface area contributed by atoms with E-state index >= 15 is 0 Å². The molecule has 1 aromatic carbocycles. The molecule has 0 aromatic heterocycles. The third-order valence-corrected chi connectivity index (χ3v) is 10.6. The number of esters is 1. The summed E-state index contributed by atoms with van der Waals surface area (Å²) in [5.74, 6) is 1.21. The summed E-state index contributed by atoms with van der Waals surface area (Å²) in [6.45, 7) is 0. The van der Waals surface area contributed by atoms with E-state index in [1.165, 1.54) is 0 Å². The Morgan fingerprint density at radius 2 is 1.78 bits per heavy atom. The van der Waals surface area contributed by atoms with Gasteiger partial charge in [0, 0.05) is 8.96 Å². The van der Waals surface area contributed by atoms with Gasteiger partial charge in [0.2, 0.25) is 0 Å². The molecule has 0 unspecified atom stereocenters. The molecular formula is C16H14Br4O3. The van der Waals surface area contributed by atoms with Gasteiger partial charge >= 0.3 is 5.97 Å². The van der Waals surface area contributed by atoms with E-state index in [1.54, 1.807) is 31.4 Å². The lowest BCUT2D eigenvalue weighted by Gasteiger charge is -2.30. The molecule has 3 atom stereocenters. The van der Waals surface area contributed by atoms with Gasteiger partial charge in [-0.2, -0.15) is 0 Å². The van der Waals surface area contributed by atoms with Gasteiger partial charge in [-0.1, -0.05) is 63.7 Å². The molecule has 2 aliphatic carbocycles. The first-order valence-corrected chi connectivity index (χ1v) is 10.2. The van der Waals surface area contributed by atoms with Gasteiger partial charge in [0.1, 0.15) is 11.5 Å². The zero-order valence-corrected chi connectivity index (χ0v) is 18.6. The summed E-state index contributed by atoms with van der Waals surface area (Å²) >= 11 is 14.9. The maximum absolute atomic E-state index is 12.3. The molecule has 2 bridgehead atoms. The van der Waals surface area contributed by atoms with Gasteiger partial charge in [-0.25, -0.2) is 0 Å². The van der Waals surface area contributed by atoms with Crippen LogP contribution in [0.3, 0.4) is 0 Å². The molecule has 1 aromatic rings. The first-order valence-electron chi connectivity index (χ1n) is 7.07. The van der Waals surface area contributed by atoms with Crippen molar-refractivity contribution in [3.63, 3.8) is 0 Å². The van der Waals surface area contributed by atoms with Gasteiger partial charge in [0.15, 0.2) is 0 Å². The lowest BCUT2D eigenvalue weighted by molar-refractivity contribution is -0.135. The fraction of sp³-hybridized carbons (Fsp3) is 0.438. The predicted molar refractivity (Wildman–Crippen MR) is 104 cm³/mol. The highest BCUT2D eigenvalue weighted by molar-refractivity contribution is 9.16. The molecule has 1 saturated carbocycles. The molecule has 0 aliphatic heterocycles. The van der Waals surface area contributed by atoms with Crippen LogP contribution in [0.5, 0.6) is 11.5 Å². The summed E-state index contributed by atoms with van der Waals surface area (Å²) in [4.78, 5) is 12.3. The van der Waals surface area contributed by atoms with Gasteiger partial charge in [-0.05, 0) is 43.0 Å². The van der Waals surface area contributed by atoms with Gasteiger partial charge < -0.3 is 9.47 Å². The molecule has 1 fully saturated rings. The first-order chi connectivity index (χ1) is 10.8. The third-order valence-electron chi connectivity index (χ3n) is 4.41. The lowest BCUT2D eigenvalue weighted by Crippen LogP contribution is -2.30. The van der Waals surface area contributed by atoms with Gasteiger partial charge in [-0.15, -0.1) is 0 Å². The normalized spacial score (nSPS) is 32.3. The summed E-state index contributed by atoms with van der Waals surface area (Å²) in [6.07, 6.45) is 2.15. The van der Waals surface area contributed by atoms with E-state index in [0.29, 0.717) is 12.2 Å². The van der Waals surface area contributed by atoms with E-state index in [-0.39, 0.29) is 20.5 Å². The van der Waals surface area contributed by atoms with E-state index in [0.717, 1.165) is 27.6 Å². The van der Waals surface area contributed by atoms with Crippen molar-refractivity contribution in [3.8, 4) is 11.5 Å². The molecule has 0 spiro atoms. The first kappa shape index (κ1) is 18.0. The second kappa shape index (κ2) is 6.46. The van der Waals surface area contributed by atoms with Crippen LogP contribution >= 0.6 is 63.7 Å². The van der Waals surface area contributed by atoms with Crippen LogP contribution in [0.1, 0.15) is 19.3 Å². The van der Waals surface area contributed by atoms with E-state index in [4.69, 9.17) is 9.47 Å². The Hall–Kier alpha value is 0.150. The number of methoxy groups -OCH3 is 1. The van der Waals surface area contributed by atoms with Crippen LogP contribution in [-0.4, -0.2) is 21.7 Å². The Bertz CT molecular complexity index is 672. The van der Waals surface area contributed by atoms with E-state index in [2.05, 4.69) is 63.7 Å². The minimum absolute atomic E-state index is 0.0968. The summed E-state index contributed by atoms with van der Waals surface area (Å²) in [5, 5.41) is 0. The van der Waals surface area contributed by atoms with Crippen molar-refractivity contribution in [2.75, 3.05) is 7.11 Å². The molecule has 0 heterocycles. The van der Waals surface area contributed by atoms with Crippen LogP contribution in [0.2, 0.25) is 0 Å². The Kier molecular flexibility index (Phi) is 5.05. The summed E-state index contributed by atoms with van der Waals surface area (Å²) in [7, 11) is 1.60. The second-order valence-electron chi connectivity index (χ2n) is 5.89. The molecule has 3 nitrogen and oxygen atoms in total. The average Bonchev–Trinajstić information content (AvgIpc) is 2.87. The SMILES string of the molecule is COc1ccc(OC(=O)C[C@@H]2C[C@@]3(Br)C[C@]2(Br)C(Br)=C3Br)cc1. The molecule has 0 radical (unpaired) electrons. The molecular weight excluding hydrogens is 560 g/mol. The number of hydrogen-bond donors (Lipinski definition) is 0. The number of carbonyl (C=O) groups is 1. The zero-order chi connectivity index (χ0) is 16.8. The maximum atomic E-state index is 12.3. The number of alkyl halides is 2. The number of allylic oxidation sites excluding steroid dienone is 2. The Morgan fingerprint density at radius 1 is 1.17 bits per heavy atom. The van der Waals surface area contributed by atoms with Crippen molar-refractivity contribution in [2.24, 2.45) is 5.92 Å². The van der Waals surface area contributed by atoms with E-state index in [9.17, 15) is 4.79 Å². The number of carbonyl (C=O) groups excluding carboxylic acids is 1. The highest BCUT2D eigenvalue weighted by Crippen LogP contribution is 2.68. The van der Waals surface area contributed by atoms with Crippen LogP contribution in [0, 0.1) is 5.92 Å². The maximum Gasteiger partial charge on any atom is 0.311 e. The van der Waals surface area contributed by atoms with E-state index < -0.39 is 0 Å². The van der Waals surface area contributed by atoms with Crippen LogP contribution in [-0.2, 0) is 4.79 Å². The highest BCUT2D eigenvalue weighted by Gasteiger charge is 2.61. The van der Waals surface area contributed by atoms with Crippen molar-refractivity contribution < 1.29 is 14.3 Å². The number of fused-ring (bicyclic) bond motifs is 2. The molecule has 7 heteroatoms. The zero-order valence-electron chi connectivity index (χ0n) is 12.2. The van der Waals surface area contributed by atoms with Crippen LogP contribution in [0.4, 0.5) is 0 Å². The minimum Gasteiger partial charge on any atom is -0.497 e. The van der Waals surface area contributed by atoms with Gasteiger partial charge in [-0.3, -0.25) is 4.79 Å². The third kappa shape index (κ3) is 3.18. The molecule has 3 rings (SSSR count). The van der Waals surface area contributed by atoms with Gasteiger partial charge in [0.25, 0.3) is 0 Å². The largest absolute Gasteiger partial charge is 0.497 e. The second-order valence-corrected chi connectivity index (χ2v) is 10.4. The standard InChI is InChI=1S/C16H14Br4O3/c1-22-10-2-4-11(5-3-10)23-12(21)6-9-7-15(19)8-16(9,20)14(18)13(15)17/h2-5,9H,6-8H2,1H3/t9-,15-,16-/m1/s1. The Morgan fingerprint density at radius 3 is 2.30 bits per heavy atom. The predicted octanol–water partition coefficient (Wildman–Crippen LogP) is 5.68. The Labute approximate surface area is 168 Å². The van der Waals surface area contributed by atoms with Crippen molar-refractivity contribution in [2.45, 2.75) is 27.9 Å². The quantitative estimate of drug-likeness (QED) is 0.264. The molecule has 0 amide bonds. The number of benzene rings is 1. The minimum atomic E-state index is -0.223. The number of hydrogen-bond acceptors (Lipinski definition) is 3. The van der Waals surface area contributed by atoms with E-state index in [1.807, 2.05) is 0 Å². The lowest BCUT2D eigenvalue weighted by atomic mass is 9.90. The van der Waals surface area contributed by atoms with Crippen molar-refractivity contribution in [1.82, 2.24) is 0 Å². The molecule has 2 aliphatic rings. The van der Waals surface area contributed by atoms with Crippen molar-refractivity contribution in [1.29, 1.82) is 0 Å². The smallest absolute Gasteiger partial charge is 0.311 e. The van der Waals surface area contributed by atoms with Crippen molar-refractivity contribution in [3.05, 3.63) is 33.2 Å². The monoisotopic (exact) mass is 570 g/mol. The van der Waals surface area contributed by atoms with Crippen molar-refractivity contribution >= 4 is 69.7 Å². The Balaban J connectivity index is 1.67. The highest BCUT2D eigenvalue weighted by atomic mass is 79.9. The molecule has 23 heavy (non-hydrogen) atoms. The van der Waals surface area contributed by atoms with Gasteiger partial charge in [0.05, 0.1) is 22.2 Å². The van der Waals surface area contributed by atoms with Crippen LogP contribution < -0.4 is 9.47 Å². The fourth-order valence-electron chi connectivity index (χ4n) is 3.23. The average molecular weight is 574 g/mol. The molecule has 124 valence electrons.